The van der Waals surface area contributed by atoms with E-state index in [9.17, 15) is 5.11 Å². The van der Waals surface area contributed by atoms with Crippen molar-refractivity contribution in [2.24, 2.45) is 5.16 Å². The second-order valence-corrected chi connectivity index (χ2v) is 5.40. The van der Waals surface area contributed by atoms with Crippen molar-refractivity contribution in [2.45, 2.75) is 38.5 Å². The number of nitrogens with one attached hydrogen (secondary N) is 1. The predicted octanol–water partition coefficient (Wildman–Crippen LogP) is 2.19. The van der Waals surface area contributed by atoms with Gasteiger partial charge in [0.25, 0.3) is 0 Å². The monoisotopic (exact) mass is 282 g/mol. The normalized spacial score (nSPS) is 20.3. The van der Waals surface area contributed by atoms with Crippen LogP contribution in [0.15, 0.2) is 29.4 Å². The quantitative estimate of drug-likeness (QED) is 0.870. The highest BCUT2D eigenvalue weighted by Gasteiger charge is 2.29. The molecule has 5 heteroatoms. The van der Waals surface area contributed by atoms with Gasteiger partial charge in [-0.1, -0.05) is 48.8 Å². The van der Waals surface area contributed by atoms with Gasteiger partial charge in [0.15, 0.2) is 6.10 Å². The van der Waals surface area contributed by atoms with Gasteiger partial charge in [0.2, 0.25) is 0 Å². The van der Waals surface area contributed by atoms with E-state index in [1.54, 1.807) is 0 Å². The van der Waals surface area contributed by atoms with Gasteiger partial charge in [-0.05, 0) is 6.07 Å². The molecule has 19 heavy (non-hydrogen) atoms. The Kier molecular flexibility index (Phi) is 4.80. The molecule has 2 rings (SSSR count). The van der Waals surface area contributed by atoms with Crippen LogP contribution in [-0.4, -0.2) is 35.6 Å². The first-order valence-corrected chi connectivity index (χ1v) is 6.84. The standard InChI is InChI=1S/C14H19ClN2O2/c1-9(2)16-8-13(18)14-7-12(17-19-14)10-5-3-4-6-11(10)15/h3-6,9,13-14,16,18H,7-8H2,1-2H3. The Morgan fingerprint density at radius 2 is 2.21 bits per heavy atom. The SMILES string of the molecule is CC(C)NCC(O)C1CC(c2ccccc2Cl)=NO1. The molecule has 0 aromatic heterocycles. The van der Waals surface area contributed by atoms with Crippen LogP contribution in [-0.2, 0) is 4.84 Å². The van der Waals surface area contributed by atoms with Gasteiger partial charge in [-0.2, -0.15) is 0 Å². The maximum absolute atomic E-state index is 10.0. The van der Waals surface area contributed by atoms with E-state index < -0.39 is 6.10 Å². The smallest absolute Gasteiger partial charge is 0.160 e. The van der Waals surface area contributed by atoms with Crippen LogP contribution >= 0.6 is 11.6 Å². The summed E-state index contributed by atoms with van der Waals surface area (Å²) in [6.45, 7) is 4.56. The summed E-state index contributed by atoms with van der Waals surface area (Å²) in [7, 11) is 0. The number of oxime groups is 1. The number of rotatable bonds is 5. The van der Waals surface area contributed by atoms with E-state index in [4.69, 9.17) is 16.4 Å². The fourth-order valence-corrected chi connectivity index (χ4v) is 2.19. The fourth-order valence-electron chi connectivity index (χ4n) is 1.94. The molecule has 0 aliphatic carbocycles. The van der Waals surface area contributed by atoms with Crippen molar-refractivity contribution in [1.29, 1.82) is 0 Å². The van der Waals surface area contributed by atoms with E-state index in [0.717, 1.165) is 11.3 Å². The first-order chi connectivity index (χ1) is 9.08. The summed E-state index contributed by atoms with van der Waals surface area (Å²) < 4.78 is 0. The zero-order valence-corrected chi connectivity index (χ0v) is 11.9. The van der Waals surface area contributed by atoms with Crippen molar-refractivity contribution in [1.82, 2.24) is 5.32 Å². The Bertz CT molecular complexity index is 463. The van der Waals surface area contributed by atoms with Gasteiger partial charge in [0, 0.05) is 29.6 Å². The molecule has 0 radical (unpaired) electrons. The zero-order valence-electron chi connectivity index (χ0n) is 11.1. The lowest BCUT2D eigenvalue weighted by Crippen LogP contribution is -2.39. The molecule has 1 aromatic rings. The second kappa shape index (κ2) is 6.37. The number of nitrogens with zero attached hydrogens (tertiary/aromatic N) is 1. The summed E-state index contributed by atoms with van der Waals surface area (Å²) in [4.78, 5) is 5.31. The van der Waals surface area contributed by atoms with Gasteiger partial charge in [0.1, 0.15) is 6.10 Å². The first-order valence-electron chi connectivity index (χ1n) is 6.47. The van der Waals surface area contributed by atoms with Crippen LogP contribution in [0.4, 0.5) is 0 Å². The molecular weight excluding hydrogens is 264 g/mol. The first kappa shape index (κ1) is 14.3. The van der Waals surface area contributed by atoms with E-state index >= 15 is 0 Å². The molecule has 2 unspecified atom stereocenters. The minimum atomic E-state index is -0.578. The van der Waals surface area contributed by atoms with Crippen molar-refractivity contribution >= 4 is 17.3 Å². The maximum atomic E-state index is 10.0. The molecule has 0 spiro atoms. The highest BCUT2D eigenvalue weighted by atomic mass is 35.5. The van der Waals surface area contributed by atoms with Gasteiger partial charge >= 0.3 is 0 Å². The van der Waals surface area contributed by atoms with Crippen molar-refractivity contribution in [3.05, 3.63) is 34.9 Å². The molecule has 2 N–H and O–H groups in total. The number of aliphatic hydroxyl groups is 1. The topological polar surface area (TPSA) is 53.8 Å². The van der Waals surface area contributed by atoms with E-state index in [1.165, 1.54) is 0 Å². The van der Waals surface area contributed by atoms with E-state index in [2.05, 4.69) is 10.5 Å². The molecule has 0 bridgehead atoms. The molecule has 4 nitrogen and oxygen atoms in total. The highest BCUT2D eigenvalue weighted by Crippen LogP contribution is 2.24. The average molecular weight is 283 g/mol. The zero-order chi connectivity index (χ0) is 13.8. The third kappa shape index (κ3) is 3.69. The van der Waals surface area contributed by atoms with E-state index in [1.807, 2.05) is 38.1 Å². The van der Waals surface area contributed by atoms with Crippen LogP contribution in [0, 0.1) is 0 Å². The minimum absolute atomic E-state index is 0.308. The minimum Gasteiger partial charge on any atom is -0.389 e. The largest absolute Gasteiger partial charge is 0.389 e. The van der Waals surface area contributed by atoms with Crippen molar-refractivity contribution in [3.63, 3.8) is 0 Å². The van der Waals surface area contributed by atoms with E-state index in [-0.39, 0.29) is 6.10 Å². The summed E-state index contributed by atoms with van der Waals surface area (Å²) >= 11 is 6.12. The summed E-state index contributed by atoms with van der Waals surface area (Å²) in [6, 6.07) is 7.85. The molecule has 0 amide bonds. The summed E-state index contributed by atoms with van der Waals surface area (Å²) in [5, 5.41) is 17.9. The number of aliphatic hydroxyl groups excluding tert-OH is 1. The molecule has 0 fully saturated rings. The van der Waals surface area contributed by atoms with Gasteiger partial charge in [0.05, 0.1) is 5.71 Å². The molecule has 1 aliphatic rings. The van der Waals surface area contributed by atoms with Crippen LogP contribution in [0.1, 0.15) is 25.8 Å². The van der Waals surface area contributed by atoms with Crippen molar-refractivity contribution < 1.29 is 9.94 Å². The fraction of sp³-hybridized carbons (Fsp3) is 0.500. The molecular formula is C14H19ClN2O2. The van der Waals surface area contributed by atoms with Crippen LogP contribution < -0.4 is 5.32 Å². The van der Waals surface area contributed by atoms with Gasteiger partial charge in [-0.15, -0.1) is 0 Å². The molecule has 1 heterocycles. The molecule has 1 aromatic carbocycles. The van der Waals surface area contributed by atoms with Gasteiger partial charge in [-0.3, -0.25) is 0 Å². The Hall–Kier alpha value is -1.10. The molecule has 104 valence electrons. The van der Waals surface area contributed by atoms with Crippen LogP contribution in [0.3, 0.4) is 0 Å². The Morgan fingerprint density at radius 1 is 1.47 bits per heavy atom. The Labute approximate surface area is 118 Å². The van der Waals surface area contributed by atoms with Crippen LogP contribution in [0.5, 0.6) is 0 Å². The number of hydrogen-bond donors (Lipinski definition) is 2. The second-order valence-electron chi connectivity index (χ2n) is 5.00. The molecule has 0 saturated carbocycles. The Balaban J connectivity index is 1.94. The highest BCUT2D eigenvalue weighted by molar-refractivity contribution is 6.34. The van der Waals surface area contributed by atoms with E-state index in [0.29, 0.717) is 24.0 Å². The summed E-state index contributed by atoms with van der Waals surface area (Å²) in [6.07, 6.45) is -0.311. The molecule has 1 aliphatic heterocycles. The summed E-state index contributed by atoms with van der Waals surface area (Å²) in [5.74, 6) is 0. The average Bonchev–Trinajstić information content (AvgIpc) is 2.86. The predicted molar refractivity (Wildman–Crippen MR) is 76.6 cm³/mol. The number of hydrogen-bond acceptors (Lipinski definition) is 4. The summed E-state index contributed by atoms with van der Waals surface area (Å²) in [5.41, 5.74) is 1.66. The lowest BCUT2D eigenvalue weighted by atomic mass is 10.0. The molecule has 0 saturated heterocycles. The third-order valence-electron chi connectivity index (χ3n) is 3.04. The third-order valence-corrected chi connectivity index (χ3v) is 3.37. The van der Waals surface area contributed by atoms with Crippen LogP contribution in [0.2, 0.25) is 5.02 Å². The van der Waals surface area contributed by atoms with Crippen molar-refractivity contribution in [3.8, 4) is 0 Å². The molecule has 2 atom stereocenters. The maximum Gasteiger partial charge on any atom is 0.160 e. The van der Waals surface area contributed by atoms with Crippen LogP contribution in [0.25, 0.3) is 0 Å². The van der Waals surface area contributed by atoms with Crippen molar-refractivity contribution in [2.75, 3.05) is 6.54 Å². The van der Waals surface area contributed by atoms with Gasteiger partial charge in [-0.25, -0.2) is 0 Å². The number of halogens is 1. The lowest BCUT2D eigenvalue weighted by molar-refractivity contribution is -0.0166. The lowest BCUT2D eigenvalue weighted by Gasteiger charge is -2.18. The van der Waals surface area contributed by atoms with Gasteiger partial charge < -0.3 is 15.3 Å². The number of benzene rings is 1. The Morgan fingerprint density at radius 3 is 2.89 bits per heavy atom.